The smallest absolute Gasteiger partial charge is 0.133 e. The molecule has 0 aliphatic rings. The lowest BCUT2D eigenvalue weighted by molar-refractivity contribution is 0.0278. The van der Waals surface area contributed by atoms with Gasteiger partial charge in [0.1, 0.15) is 12.4 Å². The number of ether oxygens (including phenoxy) is 1. The van der Waals surface area contributed by atoms with Gasteiger partial charge >= 0.3 is 0 Å². The Balaban J connectivity index is 2.50. The lowest BCUT2D eigenvalue weighted by atomic mass is 10.0. The van der Waals surface area contributed by atoms with E-state index in [9.17, 15) is 10.2 Å². The molecule has 0 amide bonds. The molecule has 1 atom stereocenters. The van der Waals surface area contributed by atoms with Crippen LogP contribution in [0.15, 0.2) is 36.4 Å². The minimum atomic E-state index is -0.910. The summed E-state index contributed by atoms with van der Waals surface area (Å²) in [5.41, 5.74) is -0.171. The van der Waals surface area contributed by atoms with E-state index in [4.69, 9.17) is 4.74 Å². The number of hydrogen-bond donors (Lipinski definition) is 2. The number of rotatable bonds is 4. The SMILES string of the molecule is C[C@H](O)c1ccc2ccccc2c1OCC(C)(C)O. The Labute approximate surface area is 113 Å². The van der Waals surface area contributed by atoms with Crippen molar-refractivity contribution < 1.29 is 14.9 Å². The predicted molar refractivity (Wildman–Crippen MR) is 76.4 cm³/mol. The zero-order valence-corrected chi connectivity index (χ0v) is 11.6. The average Bonchev–Trinajstić information content (AvgIpc) is 2.34. The van der Waals surface area contributed by atoms with Crippen LogP contribution >= 0.6 is 0 Å². The topological polar surface area (TPSA) is 49.7 Å². The summed E-state index contributed by atoms with van der Waals surface area (Å²) in [6, 6.07) is 11.7. The van der Waals surface area contributed by atoms with Crippen molar-refractivity contribution in [2.45, 2.75) is 32.5 Å². The molecule has 0 radical (unpaired) electrons. The first kappa shape index (κ1) is 13.8. The molecule has 0 bridgehead atoms. The van der Waals surface area contributed by atoms with Gasteiger partial charge in [0.15, 0.2) is 0 Å². The summed E-state index contributed by atoms with van der Waals surface area (Å²) < 4.78 is 5.77. The van der Waals surface area contributed by atoms with Crippen molar-refractivity contribution in [2.24, 2.45) is 0 Å². The van der Waals surface area contributed by atoms with Crippen molar-refractivity contribution in [1.82, 2.24) is 0 Å². The lowest BCUT2D eigenvalue weighted by Crippen LogP contribution is -2.28. The lowest BCUT2D eigenvalue weighted by Gasteiger charge is -2.21. The highest BCUT2D eigenvalue weighted by Gasteiger charge is 2.18. The van der Waals surface area contributed by atoms with Crippen molar-refractivity contribution in [3.63, 3.8) is 0 Å². The zero-order valence-electron chi connectivity index (χ0n) is 11.6. The Morgan fingerprint density at radius 1 is 1.16 bits per heavy atom. The van der Waals surface area contributed by atoms with Crippen LogP contribution in [0.5, 0.6) is 5.75 Å². The summed E-state index contributed by atoms with van der Waals surface area (Å²) >= 11 is 0. The summed E-state index contributed by atoms with van der Waals surface area (Å²) in [7, 11) is 0. The molecule has 0 heterocycles. The van der Waals surface area contributed by atoms with Crippen LogP contribution in [0.25, 0.3) is 10.8 Å². The van der Waals surface area contributed by atoms with E-state index in [1.807, 2.05) is 36.4 Å². The minimum Gasteiger partial charge on any atom is -0.490 e. The van der Waals surface area contributed by atoms with Crippen molar-refractivity contribution >= 4 is 10.8 Å². The van der Waals surface area contributed by atoms with Crippen molar-refractivity contribution in [2.75, 3.05) is 6.61 Å². The van der Waals surface area contributed by atoms with E-state index >= 15 is 0 Å². The number of benzene rings is 2. The highest BCUT2D eigenvalue weighted by Crippen LogP contribution is 2.34. The van der Waals surface area contributed by atoms with E-state index in [0.717, 1.165) is 16.3 Å². The van der Waals surface area contributed by atoms with E-state index in [2.05, 4.69) is 0 Å². The van der Waals surface area contributed by atoms with Crippen molar-refractivity contribution in [3.05, 3.63) is 42.0 Å². The van der Waals surface area contributed by atoms with E-state index in [1.165, 1.54) is 0 Å². The van der Waals surface area contributed by atoms with E-state index in [1.54, 1.807) is 20.8 Å². The largest absolute Gasteiger partial charge is 0.490 e. The van der Waals surface area contributed by atoms with Gasteiger partial charge in [-0.15, -0.1) is 0 Å². The maximum absolute atomic E-state index is 9.85. The maximum atomic E-state index is 9.85. The molecule has 3 heteroatoms. The summed E-state index contributed by atoms with van der Waals surface area (Å²) in [5.74, 6) is 0.648. The van der Waals surface area contributed by atoms with Gasteiger partial charge in [-0.25, -0.2) is 0 Å². The molecule has 0 aliphatic carbocycles. The number of aliphatic hydroxyl groups is 2. The molecule has 102 valence electrons. The third kappa shape index (κ3) is 3.25. The molecule has 19 heavy (non-hydrogen) atoms. The molecule has 0 saturated heterocycles. The van der Waals surface area contributed by atoms with E-state index < -0.39 is 11.7 Å². The molecule has 0 fully saturated rings. The van der Waals surface area contributed by atoms with Gasteiger partial charge in [-0.2, -0.15) is 0 Å². The molecule has 0 spiro atoms. The Bertz CT molecular complexity index is 568. The second-order valence-electron chi connectivity index (χ2n) is 5.48. The third-order valence-electron chi connectivity index (χ3n) is 2.93. The fourth-order valence-corrected chi connectivity index (χ4v) is 2.00. The first-order valence-corrected chi connectivity index (χ1v) is 6.43. The summed E-state index contributed by atoms with van der Waals surface area (Å²) in [6.45, 7) is 5.28. The molecule has 2 aromatic rings. The second kappa shape index (κ2) is 5.19. The fraction of sp³-hybridized carbons (Fsp3) is 0.375. The van der Waals surface area contributed by atoms with Crippen molar-refractivity contribution in [1.29, 1.82) is 0 Å². The van der Waals surface area contributed by atoms with Crippen LogP contribution in [0, 0.1) is 0 Å². The number of hydrogen-bond acceptors (Lipinski definition) is 3. The molecule has 2 N–H and O–H groups in total. The molecule has 0 aromatic heterocycles. The van der Waals surface area contributed by atoms with Gasteiger partial charge in [-0.1, -0.05) is 36.4 Å². The third-order valence-corrected chi connectivity index (χ3v) is 2.93. The Morgan fingerprint density at radius 3 is 2.47 bits per heavy atom. The summed E-state index contributed by atoms with van der Waals surface area (Å²) in [5, 5.41) is 21.6. The van der Waals surface area contributed by atoms with Crippen LogP contribution in [0.2, 0.25) is 0 Å². The Kier molecular flexibility index (Phi) is 3.78. The van der Waals surface area contributed by atoms with Crippen LogP contribution in [0.3, 0.4) is 0 Å². The normalized spacial score (nSPS) is 13.5. The molecule has 2 aromatic carbocycles. The van der Waals surface area contributed by atoms with Gasteiger partial charge in [-0.3, -0.25) is 0 Å². The van der Waals surface area contributed by atoms with Crippen LogP contribution in [0.1, 0.15) is 32.4 Å². The van der Waals surface area contributed by atoms with Crippen molar-refractivity contribution in [3.8, 4) is 5.75 Å². The molecule has 2 rings (SSSR count). The highest BCUT2D eigenvalue weighted by molar-refractivity contribution is 5.89. The minimum absolute atomic E-state index is 0.181. The summed E-state index contributed by atoms with van der Waals surface area (Å²) in [6.07, 6.45) is -0.610. The predicted octanol–water partition coefficient (Wildman–Crippen LogP) is 3.04. The molecule has 3 nitrogen and oxygen atoms in total. The van der Waals surface area contributed by atoms with E-state index in [0.29, 0.717) is 5.75 Å². The zero-order chi connectivity index (χ0) is 14.0. The van der Waals surface area contributed by atoms with Gasteiger partial charge in [0.25, 0.3) is 0 Å². The van der Waals surface area contributed by atoms with Gasteiger partial charge < -0.3 is 14.9 Å². The monoisotopic (exact) mass is 260 g/mol. The molecule has 0 unspecified atom stereocenters. The first-order valence-electron chi connectivity index (χ1n) is 6.43. The Morgan fingerprint density at radius 2 is 1.84 bits per heavy atom. The molecule has 0 aliphatic heterocycles. The Hall–Kier alpha value is -1.58. The summed E-state index contributed by atoms with van der Waals surface area (Å²) in [4.78, 5) is 0. The van der Waals surface area contributed by atoms with Crippen LogP contribution in [0.4, 0.5) is 0 Å². The average molecular weight is 260 g/mol. The van der Waals surface area contributed by atoms with Crippen LogP contribution in [-0.4, -0.2) is 22.4 Å². The first-order chi connectivity index (χ1) is 8.88. The molecular formula is C16H20O3. The fourth-order valence-electron chi connectivity index (χ4n) is 2.00. The highest BCUT2D eigenvalue weighted by atomic mass is 16.5. The van der Waals surface area contributed by atoms with Gasteiger partial charge in [0.2, 0.25) is 0 Å². The van der Waals surface area contributed by atoms with Gasteiger partial charge in [-0.05, 0) is 26.2 Å². The van der Waals surface area contributed by atoms with Gasteiger partial charge in [0, 0.05) is 10.9 Å². The van der Waals surface area contributed by atoms with E-state index in [-0.39, 0.29) is 6.61 Å². The molecule has 0 saturated carbocycles. The maximum Gasteiger partial charge on any atom is 0.133 e. The standard InChI is InChI=1S/C16H20O3/c1-11(17)13-9-8-12-6-4-5-7-14(12)15(13)19-10-16(2,3)18/h4-9,11,17-18H,10H2,1-3H3/t11-/m0/s1. The van der Waals surface area contributed by atoms with Gasteiger partial charge in [0.05, 0.1) is 11.7 Å². The number of aliphatic hydroxyl groups excluding tert-OH is 1. The van der Waals surface area contributed by atoms with Crippen LogP contribution < -0.4 is 4.74 Å². The quantitative estimate of drug-likeness (QED) is 0.888. The van der Waals surface area contributed by atoms with Crippen LogP contribution in [-0.2, 0) is 0 Å². The number of fused-ring (bicyclic) bond motifs is 1. The second-order valence-corrected chi connectivity index (χ2v) is 5.48. The molecular weight excluding hydrogens is 240 g/mol.